The number of carbonyl (C=O) groups is 2. The quantitative estimate of drug-likeness (QED) is 0.872. The van der Waals surface area contributed by atoms with Crippen LogP contribution in [-0.2, 0) is 0 Å². The van der Waals surface area contributed by atoms with Gasteiger partial charge in [-0.05, 0) is 43.9 Å². The number of urea groups is 1. The number of rotatable bonds is 2. The van der Waals surface area contributed by atoms with Crippen LogP contribution < -0.4 is 5.32 Å². The SMILES string of the molecule is CC1CCN(C(=O)Nc2cccc(C(=O)O)c2)C(C)C1. The maximum atomic E-state index is 12.2. The molecular weight excluding hydrogens is 256 g/mol. The molecule has 1 fully saturated rings. The number of nitrogens with one attached hydrogen (secondary N) is 1. The number of hydrogen-bond acceptors (Lipinski definition) is 2. The Labute approximate surface area is 118 Å². The zero-order valence-corrected chi connectivity index (χ0v) is 11.8. The van der Waals surface area contributed by atoms with E-state index in [-0.39, 0.29) is 17.6 Å². The first kappa shape index (κ1) is 14.4. The van der Waals surface area contributed by atoms with Crippen molar-refractivity contribution in [2.75, 3.05) is 11.9 Å². The average molecular weight is 276 g/mol. The van der Waals surface area contributed by atoms with E-state index in [1.165, 1.54) is 12.1 Å². The molecule has 2 unspecified atom stereocenters. The number of carboxylic acids is 1. The van der Waals surface area contributed by atoms with Crippen LogP contribution in [0.3, 0.4) is 0 Å². The zero-order chi connectivity index (χ0) is 14.7. The first-order valence-electron chi connectivity index (χ1n) is 6.88. The molecule has 1 aromatic carbocycles. The molecular formula is C15H20N2O3. The van der Waals surface area contributed by atoms with Gasteiger partial charge in [0.25, 0.3) is 0 Å². The summed E-state index contributed by atoms with van der Waals surface area (Å²) < 4.78 is 0. The zero-order valence-electron chi connectivity index (χ0n) is 11.8. The van der Waals surface area contributed by atoms with Crippen molar-refractivity contribution in [1.82, 2.24) is 4.90 Å². The molecule has 0 bridgehead atoms. The number of amides is 2. The Balaban J connectivity index is 2.04. The molecule has 0 aliphatic carbocycles. The number of carbonyl (C=O) groups excluding carboxylic acids is 1. The molecule has 1 heterocycles. The fourth-order valence-corrected chi connectivity index (χ4v) is 2.63. The number of hydrogen-bond donors (Lipinski definition) is 2. The molecule has 2 atom stereocenters. The third-order valence-electron chi connectivity index (χ3n) is 3.76. The number of piperidine rings is 1. The molecule has 2 amide bonds. The topological polar surface area (TPSA) is 69.6 Å². The molecule has 1 aliphatic heterocycles. The van der Waals surface area contributed by atoms with Crippen molar-refractivity contribution >= 4 is 17.7 Å². The van der Waals surface area contributed by atoms with E-state index >= 15 is 0 Å². The summed E-state index contributed by atoms with van der Waals surface area (Å²) in [6.07, 6.45) is 2.01. The number of likely N-dealkylation sites (tertiary alicyclic amines) is 1. The van der Waals surface area contributed by atoms with Gasteiger partial charge < -0.3 is 15.3 Å². The lowest BCUT2D eigenvalue weighted by atomic mass is 9.94. The van der Waals surface area contributed by atoms with Crippen LogP contribution in [0.25, 0.3) is 0 Å². The van der Waals surface area contributed by atoms with Gasteiger partial charge in [-0.3, -0.25) is 0 Å². The van der Waals surface area contributed by atoms with Gasteiger partial charge in [0.05, 0.1) is 5.56 Å². The Morgan fingerprint density at radius 1 is 1.35 bits per heavy atom. The molecule has 0 spiro atoms. The van der Waals surface area contributed by atoms with E-state index in [9.17, 15) is 9.59 Å². The molecule has 5 nitrogen and oxygen atoms in total. The largest absolute Gasteiger partial charge is 0.478 e. The Morgan fingerprint density at radius 3 is 2.75 bits per heavy atom. The van der Waals surface area contributed by atoms with Crippen molar-refractivity contribution < 1.29 is 14.7 Å². The van der Waals surface area contributed by atoms with E-state index in [1.54, 1.807) is 12.1 Å². The fraction of sp³-hybridized carbons (Fsp3) is 0.467. The first-order valence-corrected chi connectivity index (χ1v) is 6.88. The third-order valence-corrected chi connectivity index (χ3v) is 3.76. The van der Waals surface area contributed by atoms with Crippen LogP contribution in [0, 0.1) is 5.92 Å². The highest BCUT2D eigenvalue weighted by atomic mass is 16.4. The molecule has 108 valence electrons. The standard InChI is InChI=1S/C15H20N2O3/c1-10-6-7-17(11(2)8-10)15(20)16-13-5-3-4-12(9-13)14(18)19/h3-5,9-11H,6-8H2,1-2H3,(H,16,20)(H,18,19). The summed E-state index contributed by atoms with van der Waals surface area (Å²) in [5.41, 5.74) is 0.684. The summed E-state index contributed by atoms with van der Waals surface area (Å²) in [5, 5.41) is 11.7. The first-order chi connectivity index (χ1) is 9.47. The maximum absolute atomic E-state index is 12.2. The minimum atomic E-state index is -0.999. The van der Waals surface area contributed by atoms with Crippen LogP contribution in [0.1, 0.15) is 37.0 Å². The highest BCUT2D eigenvalue weighted by molar-refractivity contribution is 5.93. The molecule has 1 aliphatic rings. The van der Waals surface area contributed by atoms with E-state index in [1.807, 2.05) is 11.8 Å². The molecule has 2 rings (SSSR count). The Hall–Kier alpha value is -2.04. The van der Waals surface area contributed by atoms with Crippen LogP contribution in [0.2, 0.25) is 0 Å². The van der Waals surface area contributed by atoms with Crippen molar-refractivity contribution in [2.24, 2.45) is 5.92 Å². The maximum Gasteiger partial charge on any atom is 0.335 e. The summed E-state index contributed by atoms with van der Waals surface area (Å²) >= 11 is 0. The number of nitrogens with zero attached hydrogens (tertiary/aromatic N) is 1. The van der Waals surface area contributed by atoms with Gasteiger partial charge in [0.1, 0.15) is 0 Å². The van der Waals surface area contributed by atoms with Crippen LogP contribution >= 0.6 is 0 Å². The molecule has 1 aromatic rings. The van der Waals surface area contributed by atoms with E-state index in [0.717, 1.165) is 19.4 Å². The lowest BCUT2D eigenvalue weighted by Gasteiger charge is -2.36. The van der Waals surface area contributed by atoms with Crippen molar-refractivity contribution in [2.45, 2.75) is 32.7 Å². The molecule has 0 saturated carbocycles. The summed E-state index contributed by atoms with van der Waals surface area (Å²) in [6, 6.07) is 6.34. The monoisotopic (exact) mass is 276 g/mol. The average Bonchev–Trinajstić information content (AvgIpc) is 2.38. The Kier molecular flexibility index (Phi) is 4.27. The second-order valence-electron chi connectivity index (χ2n) is 5.49. The fourth-order valence-electron chi connectivity index (χ4n) is 2.63. The van der Waals surface area contributed by atoms with Crippen LogP contribution in [0.15, 0.2) is 24.3 Å². The highest BCUT2D eigenvalue weighted by Crippen LogP contribution is 2.23. The van der Waals surface area contributed by atoms with E-state index in [0.29, 0.717) is 11.6 Å². The summed E-state index contributed by atoms with van der Waals surface area (Å²) in [5.74, 6) is -0.356. The minimum absolute atomic E-state index is 0.160. The van der Waals surface area contributed by atoms with Crippen molar-refractivity contribution in [3.05, 3.63) is 29.8 Å². The van der Waals surface area contributed by atoms with Gasteiger partial charge in [-0.25, -0.2) is 9.59 Å². The van der Waals surface area contributed by atoms with Gasteiger partial charge >= 0.3 is 12.0 Å². The lowest BCUT2D eigenvalue weighted by Crippen LogP contribution is -2.46. The summed E-state index contributed by atoms with van der Waals surface area (Å²) in [4.78, 5) is 25.0. The molecule has 5 heteroatoms. The predicted molar refractivity (Wildman–Crippen MR) is 77.0 cm³/mol. The summed E-state index contributed by atoms with van der Waals surface area (Å²) in [6.45, 7) is 4.98. The predicted octanol–water partition coefficient (Wildman–Crippen LogP) is 3.04. The smallest absolute Gasteiger partial charge is 0.335 e. The van der Waals surface area contributed by atoms with Gasteiger partial charge in [0.15, 0.2) is 0 Å². The normalized spacial score (nSPS) is 22.4. The number of anilines is 1. The van der Waals surface area contributed by atoms with Gasteiger partial charge in [0, 0.05) is 18.3 Å². The molecule has 1 saturated heterocycles. The Morgan fingerprint density at radius 2 is 2.10 bits per heavy atom. The van der Waals surface area contributed by atoms with Gasteiger partial charge in [-0.15, -0.1) is 0 Å². The van der Waals surface area contributed by atoms with E-state index in [4.69, 9.17) is 5.11 Å². The van der Waals surface area contributed by atoms with E-state index < -0.39 is 5.97 Å². The van der Waals surface area contributed by atoms with Crippen LogP contribution in [0.5, 0.6) is 0 Å². The van der Waals surface area contributed by atoms with Crippen molar-refractivity contribution in [3.8, 4) is 0 Å². The molecule has 2 N–H and O–H groups in total. The van der Waals surface area contributed by atoms with E-state index in [2.05, 4.69) is 12.2 Å². The molecule has 0 aromatic heterocycles. The second-order valence-corrected chi connectivity index (χ2v) is 5.49. The molecule has 20 heavy (non-hydrogen) atoms. The van der Waals surface area contributed by atoms with Gasteiger partial charge in [-0.2, -0.15) is 0 Å². The second kappa shape index (κ2) is 5.94. The highest BCUT2D eigenvalue weighted by Gasteiger charge is 2.26. The van der Waals surface area contributed by atoms with Crippen LogP contribution in [-0.4, -0.2) is 34.6 Å². The van der Waals surface area contributed by atoms with Gasteiger partial charge in [0.2, 0.25) is 0 Å². The Bertz CT molecular complexity index is 516. The number of carboxylic acid groups (broad SMARTS) is 1. The van der Waals surface area contributed by atoms with Crippen molar-refractivity contribution in [3.63, 3.8) is 0 Å². The van der Waals surface area contributed by atoms with Crippen LogP contribution in [0.4, 0.5) is 10.5 Å². The number of aromatic carboxylic acids is 1. The number of benzene rings is 1. The third kappa shape index (κ3) is 3.29. The summed E-state index contributed by atoms with van der Waals surface area (Å²) in [7, 11) is 0. The minimum Gasteiger partial charge on any atom is -0.478 e. The van der Waals surface area contributed by atoms with Gasteiger partial charge in [-0.1, -0.05) is 13.0 Å². The lowest BCUT2D eigenvalue weighted by molar-refractivity contribution is 0.0697. The molecule has 0 radical (unpaired) electrons. The van der Waals surface area contributed by atoms with Crippen molar-refractivity contribution in [1.29, 1.82) is 0 Å².